The van der Waals surface area contributed by atoms with E-state index in [2.05, 4.69) is 10.1 Å². The smallest absolute Gasteiger partial charge is 0.358 e. The summed E-state index contributed by atoms with van der Waals surface area (Å²) in [4.78, 5) is 36.7. The van der Waals surface area contributed by atoms with Gasteiger partial charge in [0.05, 0.1) is 18.3 Å². The lowest BCUT2D eigenvalue weighted by molar-refractivity contribution is -0.124. The monoisotopic (exact) mass is 366 g/mol. The largest absolute Gasteiger partial charge is 0.363 e. The molecule has 11 heteroatoms. The first kappa shape index (κ1) is 17.4. The quantitative estimate of drug-likeness (QED) is 0.666. The van der Waals surface area contributed by atoms with E-state index in [1.54, 1.807) is 18.2 Å². The summed E-state index contributed by atoms with van der Waals surface area (Å²) in [5.74, 6) is -1.30. The Balaban J connectivity index is 1.63. The van der Waals surface area contributed by atoms with Gasteiger partial charge in [-0.05, 0) is 12.1 Å². The number of ether oxygens (including phenoxy) is 1. The minimum absolute atomic E-state index is 0.0311. The highest BCUT2D eigenvalue weighted by molar-refractivity contribution is 7.61. The van der Waals surface area contributed by atoms with Gasteiger partial charge >= 0.3 is 7.60 Å². The molecular formula is C14H15N4O6P. The Bertz CT molecular complexity index is 839. The molecule has 3 atom stereocenters. The highest BCUT2D eigenvalue weighted by Crippen LogP contribution is 2.41. The average molecular weight is 366 g/mol. The van der Waals surface area contributed by atoms with E-state index in [9.17, 15) is 19.0 Å². The van der Waals surface area contributed by atoms with E-state index in [0.29, 0.717) is 0 Å². The third-order valence-corrected chi connectivity index (χ3v) is 5.01. The Labute approximate surface area is 142 Å². The lowest BCUT2D eigenvalue weighted by Gasteiger charge is -2.16. The van der Waals surface area contributed by atoms with Crippen molar-refractivity contribution >= 4 is 24.6 Å². The zero-order valence-corrected chi connectivity index (χ0v) is 13.8. The second-order valence-electron chi connectivity index (χ2n) is 5.31. The Morgan fingerprint density at radius 3 is 2.80 bits per heavy atom. The van der Waals surface area contributed by atoms with Gasteiger partial charge in [-0.2, -0.15) is 0 Å². The number of Topliss-reactive ketones (excluding diaryl/α,β-unsaturated/α-hetero) is 1. The van der Waals surface area contributed by atoms with Crippen molar-refractivity contribution in [2.45, 2.75) is 18.8 Å². The maximum Gasteiger partial charge on any atom is 0.358 e. The number of ketones is 1. The second-order valence-corrected chi connectivity index (χ2v) is 7.13. The summed E-state index contributed by atoms with van der Waals surface area (Å²) in [6.07, 6.45) is -0.606. The van der Waals surface area contributed by atoms with Gasteiger partial charge in [-0.25, -0.2) is 9.67 Å². The standard InChI is InChI=1S/C14H15N4O6P/c15-13(20)14-16-8-18(17-14)12-6-10(19)11(24-12)7-23-25(21,22)9-4-2-1-3-5-9/h1-5,8,11-12H,6-7H2,(H2,15,20)(H,21,22)/t11-,12-/m1/s1. The molecule has 1 saturated heterocycles. The Kier molecular flexibility index (Phi) is 4.78. The molecule has 2 heterocycles. The Morgan fingerprint density at radius 2 is 2.16 bits per heavy atom. The number of benzene rings is 1. The van der Waals surface area contributed by atoms with Crippen molar-refractivity contribution in [1.29, 1.82) is 0 Å². The molecule has 1 aliphatic heterocycles. The van der Waals surface area contributed by atoms with Gasteiger partial charge in [0.1, 0.15) is 12.4 Å². The molecule has 0 aliphatic carbocycles. The van der Waals surface area contributed by atoms with Crippen molar-refractivity contribution < 1.29 is 28.3 Å². The molecule has 2 aromatic rings. The molecule has 1 aromatic heterocycles. The van der Waals surface area contributed by atoms with Gasteiger partial charge in [0.15, 0.2) is 12.0 Å². The molecule has 132 valence electrons. The van der Waals surface area contributed by atoms with Crippen LogP contribution >= 0.6 is 7.60 Å². The average Bonchev–Trinajstić information content (AvgIpc) is 3.21. The molecular weight excluding hydrogens is 351 g/mol. The topological polar surface area (TPSA) is 147 Å². The number of aromatic nitrogens is 3. The van der Waals surface area contributed by atoms with Gasteiger partial charge in [-0.15, -0.1) is 5.10 Å². The molecule has 3 N–H and O–H groups in total. The van der Waals surface area contributed by atoms with Crippen molar-refractivity contribution in [3.05, 3.63) is 42.5 Å². The van der Waals surface area contributed by atoms with Crippen LogP contribution in [0.3, 0.4) is 0 Å². The van der Waals surface area contributed by atoms with Crippen molar-refractivity contribution in [3.8, 4) is 0 Å². The molecule has 0 radical (unpaired) electrons. The van der Waals surface area contributed by atoms with Gasteiger partial charge < -0.3 is 19.9 Å². The summed E-state index contributed by atoms with van der Waals surface area (Å²) >= 11 is 0. The first-order chi connectivity index (χ1) is 11.9. The fraction of sp³-hybridized carbons (Fsp3) is 0.286. The number of carbonyl (C=O) groups is 2. The molecule has 10 nitrogen and oxygen atoms in total. The Hall–Kier alpha value is -2.39. The predicted molar refractivity (Wildman–Crippen MR) is 83.9 cm³/mol. The normalized spacial score (nSPS) is 22.7. The lowest BCUT2D eigenvalue weighted by Crippen LogP contribution is -2.23. The third kappa shape index (κ3) is 3.83. The first-order valence-electron chi connectivity index (χ1n) is 7.29. The number of nitrogens with two attached hydrogens (primary N) is 1. The fourth-order valence-electron chi connectivity index (χ4n) is 2.29. The zero-order valence-electron chi connectivity index (χ0n) is 12.9. The number of carbonyl (C=O) groups excluding carboxylic acids is 2. The molecule has 0 saturated carbocycles. The van der Waals surface area contributed by atoms with E-state index in [4.69, 9.17) is 15.0 Å². The summed E-state index contributed by atoms with van der Waals surface area (Å²) in [5, 5.41) is 3.95. The highest BCUT2D eigenvalue weighted by atomic mass is 31.2. The third-order valence-electron chi connectivity index (χ3n) is 3.56. The first-order valence-corrected chi connectivity index (χ1v) is 8.86. The number of rotatable bonds is 6. The van der Waals surface area contributed by atoms with Crippen LogP contribution in [0.15, 0.2) is 36.7 Å². The maximum absolute atomic E-state index is 12.2. The van der Waals surface area contributed by atoms with Crippen LogP contribution in [-0.2, 0) is 18.6 Å². The number of nitrogens with zero attached hydrogens (tertiary/aromatic N) is 3. The van der Waals surface area contributed by atoms with E-state index in [-0.39, 0.29) is 29.9 Å². The summed E-state index contributed by atoms with van der Waals surface area (Å²) in [7, 11) is -4.05. The Morgan fingerprint density at radius 1 is 1.44 bits per heavy atom. The highest BCUT2D eigenvalue weighted by Gasteiger charge is 2.37. The van der Waals surface area contributed by atoms with Crippen molar-refractivity contribution in [3.63, 3.8) is 0 Å². The van der Waals surface area contributed by atoms with E-state index >= 15 is 0 Å². The van der Waals surface area contributed by atoms with Crippen molar-refractivity contribution in [2.24, 2.45) is 5.73 Å². The molecule has 1 fully saturated rings. The van der Waals surface area contributed by atoms with E-state index in [0.717, 1.165) is 0 Å². The zero-order chi connectivity index (χ0) is 18.0. The van der Waals surface area contributed by atoms with Gasteiger partial charge in [0, 0.05) is 0 Å². The van der Waals surface area contributed by atoms with Gasteiger partial charge in [0.2, 0.25) is 5.82 Å². The summed E-state index contributed by atoms with van der Waals surface area (Å²) in [6.45, 7) is -0.380. The summed E-state index contributed by atoms with van der Waals surface area (Å²) < 4.78 is 23.9. The minimum Gasteiger partial charge on any atom is -0.363 e. The number of amides is 1. The van der Waals surface area contributed by atoms with Gasteiger partial charge in [-0.3, -0.25) is 14.2 Å². The van der Waals surface area contributed by atoms with Crippen LogP contribution in [0.5, 0.6) is 0 Å². The predicted octanol–water partition coefficient (Wildman–Crippen LogP) is -0.239. The van der Waals surface area contributed by atoms with E-state index in [1.807, 2.05) is 0 Å². The van der Waals surface area contributed by atoms with E-state index in [1.165, 1.54) is 23.1 Å². The summed E-state index contributed by atoms with van der Waals surface area (Å²) in [6, 6.07) is 7.84. The fourth-order valence-corrected chi connectivity index (χ4v) is 3.33. The van der Waals surface area contributed by atoms with Crippen LogP contribution in [-0.4, -0.2) is 44.1 Å². The number of hydrogen-bond acceptors (Lipinski definition) is 7. The molecule has 0 spiro atoms. The minimum atomic E-state index is -4.05. The van der Waals surface area contributed by atoms with Crippen LogP contribution in [0.25, 0.3) is 0 Å². The maximum atomic E-state index is 12.2. The molecule has 3 rings (SSSR count). The van der Waals surface area contributed by atoms with Crippen molar-refractivity contribution in [1.82, 2.24) is 14.8 Å². The van der Waals surface area contributed by atoms with Crippen LogP contribution in [0.1, 0.15) is 23.3 Å². The molecule has 1 aliphatic rings. The SMILES string of the molecule is NC(=O)c1ncn([C@H]2CC(=O)[C@@H](COP(=O)(O)c3ccccc3)O2)n1. The number of primary amides is 1. The van der Waals surface area contributed by atoms with Crippen LogP contribution in [0.4, 0.5) is 0 Å². The molecule has 1 aromatic carbocycles. The molecule has 25 heavy (non-hydrogen) atoms. The van der Waals surface area contributed by atoms with Crippen LogP contribution in [0.2, 0.25) is 0 Å². The van der Waals surface area contributed by atoms with Crippen LogP contribution in [0, 0.1) is 0 Å². The van der Waals surface area contributed by atoms with Crippen molar-refractivity contribution in [2.75, 3.05) is 6.61 Å². The second kappa shape index (κ2) is 6.85. The van der Waals surface area contributed by atoms with Crippen LogP contribution < -0.4 is 11.0 Å². The molecule has 1 unspecified atom stereocenters. The lowest BCUT2D eigenvalue weighted by atomic mass is 10.2. The van der Waals surface area contributed by atoms with E-state index < -0.39 is 25.8 Å². The molecule has 0 bridgehead atoms. The van der Waals surface area contributed by atoms with Gasteiger partial charge in [-0.1, -0.05) is 18.2 Å². The molecule has 1 amide bonds. The summed E-state index contributed by atoms with van der Waals surface area (Å²) in [5.41, 5.74) is 5.07. The number of hydrogen-bond donors (Lipinski definition) is 2. The van der Waals surface area contributed by atoms with Gasteiger partial charge in [0.25, 0.3) is 5.91 Å².